The van der Waals surface area contributed by atoms with Crippen molar-refractivity contribution in [2.75, 3.05) is 0 Å². The quantitative estimate of drug-likeness (QED) is 0.613. The average Bonchev–Trinajstić information content (AvgIpc) is 2.77. The fourth-order valence-corrected chi connectivity index (χ4v) is 2.95. The van der Waals surface area contributed by atoms with E-state index >= 15 is 0 Å². The number of aromatic amines is 1. The number of nitrogens with one attached hydrogen (secondary N) is 1. The van der Waals surface area contributed by atoms with Crippen LogP contribution in [0.25, 0.3) is 10.9 Å². The number of aryl methyl sites for hydroxylation is 3. The highest BCUT2D eigenvalue weighted by Crippen LogP contribution is 2.24. The van der Waals surface area contributed by atoms with Gasteiger partial charge >= 0.3 is 0 Å². The molecule has 0 spiro atoms. The second-order valence-electron chi connectivity index (χ2n) is 5.84. The zero-order valence-corrected chi connectivity index (χ0v) is 12.7. The molecule has 0 radical (unpaired) electrons. The van der Waals surface area contributed by atoms with Crippen molar-refractivity contribution in [1.29, 1.82) is 0 Å². The maximum Gasteiger partial charge on any atom is 0.0486 e. The zero-order valence-electron chi connectivity index (χ0n) is 12.7. The van der Waals surface area contributed by atoms with Gasteiger partial charge in [-0.15, -0.1) is 0 Å². The van der Waals surface area contributed by atoms with Gasteiger partial charge in [0.25, 0.3) is 0 Å². The smallest absolute Gasteiger partial charge is 0.0486 e. The van der Waals surface area contributed by atoms with E-state index in [2.05, 4.69) is 44.1 Å². The van der Waals surface area contributed by atoms with Crippen LogP contribution in [0.3, 0.4) is 0 Å². The number of hydrogen-bond donors (Lipinski definition) is 1. The van der Waals surface area contributed by atoms with Crippen LogP contribution in [-0.2, 0) is 6.42 Å². The first-order valence-electron chi connectivity index (χ1n) is 7.79. The molecule has 0 unspecified atom stereocenters. The van der Waals surface area contributed by atoms with Crippen LogP contribution in [0.4, 0.5) is 0 Å². The van der Waals surface area contributed by atoms with Crippen LogP contribution in [0.1, 0.15) is 62.1 Å². The normalized spacial score (nSPS) is 11.3. The molecule has 2 rings (SSSR count). The Morgan fingerprint density at radius 2 is 1.68 bits per heavy atom. The summed E-state index contributed by atoms with van der Waals surface area (Å²) in [7, 11) is 0. The SMILES string of the molecule is CCCCCCCCc1c[nH]c2c(C)cc(C)cc12. The number of benzene rings is 1. The molecule has 0 aliphatic heterocycles. The number of unbranched alkanes of at least 4 members (excludes halogenated alkanes) is 5. The highest BCUT2D eigenvalue weighted by molar-refractivity contribution is 5.86. The van der Waals surface area contributed by atoms with Crippen LogP contribution >= 0.6 is 0 Å². The molecule has 1 aromatic heterocycles. The Kier molecular flexibility index (Phi) is 5.07. The first-order chi connectivity index (χ1) is 9.22. The van der Waals surface area contributed by atoms with Gasteiger partial charge in [-0.3, -0.25) is 0 Å². The first-order valence-corrected chi connectivity index (χ1v) is 7.79. The van der Waals surface area contributed by atoms with Crippen LogP contribution in [0.15, 0.2) is 18.3 Å². The molecule has 1 N–H and O–H groups in total. The highest BCUT2D eigenvalue weighted by atomic mass is 14.7. The molecule has 0 fully saturated rings. The van der Waals surface area contributed by atoms with Gasteiger partial charge in [0, 0.05) is 17.1 Å². The standard InChI is InChI=1S/C18H27N/c1-4-5-6-7-8-9-10-16-13-19-18-15(3)11-14(2)12-17(16)18/h11-13,19H,4-10H2,1-3H3. The molecule has 0 aliphatic carbocycles. The van der Waals surface area contributed by atoms with E-state index in [1.807, 2.05) is 0 Å². The van der Waals surface area contributed by atoms with Crippen LogP contribution in [0, 0.1) is 13.8 Å². The number of aromatic nitrogens is 1. The molecule has 0 atom stereocenters. The molecule has 1 nitrogen and oxygen atoms in total. The fourth-order valence-electron chi connectivity index (χ4n) is 2.95. The van der Waals surface area contributed by atoms with Crippen molar-refractivity contribution < 1.29 is 0 Å². The third-order valence-corrected chi connectivity index (χ3v) is 4.02. The third kappa shape index (κ3) is 3.62. The van der Waals surface area contributed by atoms with Gasteiger partial charge in [0.15, 0.2) is 0 Å². The summed E-state index contributed by atoms with van der Waals surface area (Å²) in [6.45, 7) is 6.66. The lowest BCUT2D eigenvalue weighted by Crippen LogP contribution is -1.86. The van der Waals surface area contributed by atoms with Gasteiger partial charge in [0.2, 0.25) is 0 Å². The third-order valence-electron chi connectivity index (χ3n) is 4.02. The Labute approximate surface area is 117 Å². The Balaban J connectivity index is 1.94. The monoisotopic (exact) mass is 257 g/mol. The number of H-pyrrole nitrogens is 1. The molecular formula is C18H27N. The molecular weight excluding hydrogens is 230 g/mol. The van der Waals surface area contributed by atoms with Gasteiger partial charge in [-0.05, 0) is 43.9 Å². The molecule has 0 saturated carbocycles. The maximum absolute atomic E-state index is 3.44. The summed E-state index contributed by atoms with van der Waals surface area (Å²) in [6, 6.07) is 4.58. The minimum absolute atomic E-state index is 1.22. The average molecular weight is 257 g/mol. The molecule has 0 aliphatic rings. The summed E-state index contributed by atoms with van der Waals surface area (Å²) in [5, 5.41) is 1.44. The van der Waals surface area contributed by atoms with Crippen LogP contribution in [0.5, 0.6) is 0 Å². The van der Waals surface area contributed by atoms with Gasteiger partial charge in [0.05, 0.1) is 0 Å². The van der Waals surface area contributed by atoms with Gasteiger partial charge < -0.3 is 4.98 Å². The summed E-state index contributed by atoms with van der Waals surface area (Å²) >= 11 is 0. The van der Waals surface area contributed by atoms with E-state index in [9.17, 15) is 0 Å². The van der Waals surface area contributed by atoms with Crippen molar-refractivity contribution in [3.8, 4) is 0 Å². The molecule has 2 aromatic rings. The van der Waals surface area contributed by atoms with Gasteiger partial charge in [-0.2, -0.15) is 0 Å². The minimum atomic E-state index is 1.22. The van der Waals surface area contributed by atoms with E-state index in [1.54, 1.807) is 0 Å². The van der Waals surface area contributed by atoms with Gasteiger partial charge in [-0.25, -0.2) is 0 Å². The molecule has 0 saturated heterocycles. The first kappa shape index (κ1) is 14.2. The van der Waals surface area contributed by atoms with Gasteiger partial charge in [-0.1, -0.05) is 50.7 Å². The van der Waals surface area contributed by atoms with E-state index in [0.29, 0.717) is 0 Å². The minimum Gasteiger partial charge on any atom is -0.361 e. The van der Waals surface area contributed by atoms with Crippen LogP contribution in [0.2, 0.25) is 0 Å². The van der Waals surface area contributed by atoms with Crippen LogP contribution < -0.4 is 0 Å². The lowest BCUT2D eigenvalue weighted by molar-refractivity contribution is 0.608. The number of rotatable bonds is 7. The lowest BCUT2D eigenvalue weighted by Gasteiger charge is -2.03. The topological polar surface area (TPSA) is 15.8 Å². The Morgan fingerprint density at radius 1 is 0.947 bits per heavy atom. The maximum atomic E-state index is 3.44. The summed E-state index contributed by atoms with van der Waals surface area (Å²) in [5.74, 6) is 0. The second-order valence-corrected chi connectivity index (χ2v) is 5.84. The Hall–Kier alpha value is -1.24. The predicted octanol–water partition coefficient (Wildman–Crippen LogP) is 5.69. The number of fused-ring (bicyclic) bond motifs is 1. The fraction of sp³-hybridized carbons (Fsp3) is 0.556. The van der Waals surface area contributed by atoms with Crippen molar-refractivity contribution in [3.63, 3.8) is 0 Å². The highest BCUT2D eigenvalue weighted by Gasteiger charge is 2.06. The van der Waals surface area contributed by atoms with Crippen LogP contribution in [-0.4, -0.2) is 4.98 Å². The molecule has 104 valence electrons. The van der Waals surface area contributed by atoms with Crippen molar-refractivity contribution in [2.24, 2.45) is 0 Å². The van der Waals surface area contributed by atoms with Gasteiger partial charge in [0.1, 0.15) is 0 Å². The van der Waals surface area contributed by atoms with Crippen molar-refractivity contribution in [3.05, 3.63) is 35.0 Å². The second kappa shape index (κ2) is 6.79. The van der Waals surface area contributed by atoms with E-state index in [4.69, 9.17) is 0 Å². The van der Waals surface area contributed by atoms with E-state index in [1.165, 1.54) is 72.5 Å². The largest absolute Gasteiger partial charge is 0.361 e. The lowest BCUT2D eigenvalue weighted by atomic mass is 10.0. The molecule has 0 bridgehead atoms. The Bertz CT molecular complexity index is 522. The van der Waals surface area contributed by atoms with E-state index < -0.39 is 0 Å². The molecule has 19 heavy (non-hydrogen) atoms. The molecule has 1 aromatic carbocycles. The molecule has 1 heteroatoms. The van der Waals surface area contributed by atoms with Crippen molar-refractivity contribution in [2.45, 2.75) is 65.7 Å². The summed E-state index contributed by atoms with van der Waals surface area (Å²) in [5.41, 5.74) is 5.56. The summed E-state index contributed by atoms with van der Waals surface area (Å²) in [6.07, 6.45) is 11.7. The molecule has 0 amide bonds. The predicted molar refractivity (Wildman–Crippen MR) is 84.9 cm³/mol. The zero-order chi connectivity index (χ0) is 13.7. The van der Waals surface area contributed by atoms with E-state index in [0.717, 1.165) is 0 Å². The van der Waals surface area contributed by atoms with Crippen molar-refractivity contribution >= 4 is 10.9 Å². The Morgan fingerprint density at radius 3 is 2.47 bits per heavy atom. The van der Waals surface area contributed by atoms with Crippen molar-refractivity contribution in [1.82, 2.24) is 4.98 Å². The summed E-state index contributed by atoms with van der Waals surface area (Å²) in [4.78, 5) is 3.44. The number of hydrogen-bond acceptors (Lipinski definition) is 0. The van der Waals surface area contributed by atoms with E-state index in [-0.39, 0.29) is 0 Å². The summed E-state index contributed by atoms with van der Waals surface area (Å²) < 4.78 is 0. The molecule has 1 heterocycles.